The van der Waals surface area contributed by atoms with Gasteiger partial charge in [-0.2, -0.15) is 0 Å². The summed E-state index contributed by atoms with van der Waals surface area (Å²) in [5.74, 6) is -1.44. The third-order valence-corrected chi connectivity index (χ3v) is 4.07. The second-order valence-corrected chi connectivity index (χ2v) is 5.51. The topological polar surface area (TPSA) is 66.5 Å². The molecule has 100 valence electrons. The molecule has 0 bridgehead atoms. The molecule has 1 aliphatic carbocycles. The summed E-state index contributed by atoms with van der Waals surface area (Å²) in [6.45, 7) is 3.87. The van der Waals surface area contributed by atoms with Crippen molar-refractivity contribution in [3.05, 3.63) is 0 Å². The van der Waals surface area contributed by atoms with Crippen LogP contribution < -0.4 is 5.32 Å². The Morgan fingerprint density at radius 1 is 1.28 bits per heavy atom. The molecule has 1 aliphatic heterocycles. The smallest absolute Gasteiger partial charge is 0.277 e. The molecule has 1 saturated heterocycles. The molecule has 0 aromatic heterocycles. The van der Waals surface area contributed by atoms with Crippen LogP contribution in [0.25, 0.3) is 0 Å². The SMILES string of the molecule is CCCC1C(=O)NC(=O)N(C2(C)CCCC2)C1=O. The van der Waals surface area contributed by atoms with Crippen molar-refractivity contribution in [2.24, 2.45) is 5.92 Å². The van der Waals surface area contributed by atoms with Crippen LogP contribution in [0.2, 0.25) is 0 Å². The van der Waals surface area contributed by atoms with Gasteiger partial charge in [0.1, 0.15) is 5.92 Å². The normalized spacial score (nSPS) is 27.6. The van der Waals surface area contributed by atoms with Crippen LogP contribution in [0, 0.1) is 5.92 Å². The molecule has 1 unspecified atom stereocenters. The standard InChI is InChI=1S/C13H20N2O3/c1-3-6-9-10(16)14-12(18)15(11(9)17)13(2)7-4-5-8-13/h9H,3-8H2,1-2H3,(H,14,16,18). The van der Waals surface area contributed by atoms with Crippen LogP contribution >= 0.6 is 0 Å². The first-order valence-electron chi connectivity index (χ1n) is 6.68. The van der Waals surface area contributed by atoms with Crippen molar-refractivity contribution in [1.82, 2.24) is 10.2 Å². The largest absolute Gasteiger partial charge is 0.331 e. The Balaban J connectivity index is 2.26. The van der Waals surface area contributed by atoms with Crippen LogP contribution in [0.4, 0.5) is 4.79 Å². The summed E-state index contributed by atoms with van der Waals surface area (Å²) in [6, 6.07) is -0.540. The monoisotopic (exact) mass is 252 g/mol. The number of hydrogen-bond donors (Lipinski definition) is 1. The number of hydrogen-bond acceptors (Lipinski definition) is 3. The lowest BCUT2D eigenvalue weighted by molar-refractivity contribution is -0.146. The first-order chi connectivity index (χ1) is 8.49. The molecule has 0 radical (unpaired) electrons. The molecule has 18 heavy (non-hydrogen) atoms. The van der Waals surface area contributed by atoms with Crippen molar-refractivity contribution in [2.45, 2.75) is 57.9 Å². The third kappa shape index (κ3) is 2.02. The summed E-state index contributed by atoms with van der Waals surface area (Å²) < 4.78 is 0. The zero-order valence-electron chi connectivity index (χ0n) is 11.0. The fraction of sp³-hybridized carbons (Fsp3) is 0.769. The van der Waals surface area contributed by atoms with Crippen LogP contribution in [0.1, 0.15) is 52.4 Å². The van der Waals surface area contributed by atoms with Crippen molar-refractivity contribution in [2.75, 3.05) is 0 Å². The highest BCUT2D eigenvalue weighted by atomic mass is 16.2. The summed E-state index contributed by atoms with van der Waals surface area (Å²) in [6.07, 6.45) is 4.98. The van der Waals surface area contributed by atoms with Gasteiger partial charge in [0, 0.05) is 5.54 Å². The van der Waals surface area contributed by atoms with E-state index in [-0.39, 0.29) is 5.91 Å². The highest BCUT2D eigenvalue weighted by Gasteiger charge is 2.48. The van der Waals surface area contributed by atoms with Gasteiger partial charge in [-0.25, -0.2) is 4.79 Å². The molecule has 1 atom stereocenters. The van der Waals surface area contributed by atoms with E-state index in [9.17, 15) is 14.4 Å². The lowest BCUT2D eigenvalue weighted by Gasteiger charge is -2.41. The molecular formula is C13H20N2O3. The van der Waals surface area contributed by atoms with Gasteiger partial charge in [-0.05, 0) is 26.2 Å². The maximum Gasteiger partial charge on any atom is 0.331 e. The minimum atomic E-state index is -0.690. The quantitative estimate of drug-likeness (QED) is 0.779. The summed E-state index contributed by atoms with van der Waals surface area (Å²) in [5, 5.41) is 2.32. The van der Waals surface area contributed by atoms with Crippen LogP contribution in [0.15, 0.2) is 0 Å². The number of nitrogens with zero attached hydrogens (tertiary/aromatic N) is 1. The molecule has 2 rings (SSSR count). The highest BCUT2D eigenvalue weighted by Crippen LogP contribution is 2.37. The number of barbiturate groups is 1. The maximum absolute atomic E-state index is 12.4. The van der Waals surface area contributed by atoms with E-state index < -0.39 is 23.4 Å². The van der Waals surface area contributed by atoms with Crippen molar-refractivity contribution >= 4 is 17.8 Å². The van der Waals surface area contributed by atoms with Gasteiger partial charge in [-0.1, -0.05) is 26.2 Å². The number of carbonyl (C=O) groups is 3. The van der Waals surface area contributed by atoms with E-state index in [1.54, 1.807) is 0 Å². The lowest BCUT2D eigenvalue weighted by Crippen LogP contribution is -2.64. The van der Waals surface area contributed by atoms with E-state index >= 15 is 0 Å². The van der Waals surface area contributed by atoms with Gasteiger partial charge >= 0.3 is 6.03 Å². The predicted octanol–water partition coefficient (Wildman–Crippen LogP) is 1.81. The fourth-order valence-electron chi connectivity index (χ4n) is 3.03. The molecule has 0 spiro atoms. The fourth-order valence-corrected chi connectivity index (χ4v) is 3.03. The average Bonchev–Trinajstić information content (AvgIpc) is 2.71. The Morgan fingerprint density at radius 3 is 2.44 bits per heavy atom. The third-order valence-electron chi connectivity index (χ3n) is 4.07. The number of carbonyl (C=O) groups excluding carboxylic acids is 3. The molecule has 0 aromatic rings. The molecule has 1 heterocycles. The van der Waals surface area contributed by atoms with Gasteiger partial charge in [0.05, 0.1) is 0 Å². The van der Waals surface area contributed by atoms with Gasteiger partial charge in [0.25, 0.3) is 0 Å². The van der Waals surface area contributed by atoms with Crippen LogP contribution in [-0.4, -0.2) is 28.3 Å². The Morgan fingerprint density at radius 2 is 1.89 bits per heavy atom. The number of amides is 4. The first-order valence-corrected chi connectivity index (χ1v) is 6.68. The summed E-state index contributed by atoms with van der Waals surface area (Å²) in [7, 11) is 0. The summed E-state index contributed by atoms with van der Waals surface area (Å²) >= 11 is 0. The van der Waals surface area contributed by atoms with Gasteiger partial charge < -0.3 is 0 Å². The van der Waals surface area contributed by atoms with Gasteiger partial charge in [0.15, 0.2) is 0 Å². The molecule has 2 fully saturated rings. The lowest BCUT2D eigenvalue weighted by atomic mass is 9.92. The molecule has 4 amide bonds. The Kier molecular flexibility index (Phi) is 3.41. The zero-order chi connectivity index (χ0) is 13.3. The van der Waals surface area contributed by atoms with E-state index in [2.05, 4.69) is 5.32 Å². The first kappa shape index (κ1) is 13.1. The second-order valence-electron chi connectivity index (χ2n) is 5.51. The molecular weight excluding hydrogens is 232 g/mol. The molecule has 0 aromatic carbocycles. The minimum Gasteiger partial charge on any atom is -0.277 e. The van der Waals surface area contributed by atoms with Crippen LogP contribution in [0.3, 0.4) is 0 Å². The Labute approximate surface area is 107 Å². The van der Waals surface area contributed by atoms with Crippen LogP contribution in [0.5, 0.6) is 0 Å². The summed E-state index contributed by atoms with van der Waals surface area (Å²) in [4.78, 5) is 37.3. The van der Waals surface area contributed by atoms with Gasteiger partial charge in [-0.3, -0.25) is 19.8 Å². The number of nitrogens with one attached hydrogen (secondary N) is 1. The van der Waals surface area contributed by atoms with Crippen molar-refractivity contribution < 1.29 is 14.4 Å². The predicted molar refractivity (Wildman–Crippen MR) is 65.7 cm³/mol. The maximum atomic E-state index is 12.4. The second kappa shape index (κ2) is 4.71. The molecule has 1 saturated carbocycles. The average molecular weight is 252 g/mol. The zero-order valence-corrected chi connectivity index (χ0v) is 11.0. The highest BCUT2D eigenvalue weighted by molar-refractivity contribution is 6.16. The van der Waals surface area contributed by atoms with Crippen molar-refractivity contribution in [3.63, 3.8) is 0 Å². The number of urea groups is 1. The van der Waals surface area contributed by atoms with E-state index in [0.717, 1.165) is 32.1 Å². The van der Waals surface area contributed by atoms with E-state index in [0.29, 0.717) is 6.42 Å². The molecule has 2 aliphatic rings. The van der Waals surface area contributed by atoms with Crippen molar-refractivity contribution in [3.8, 4) is 0 Å². The summed E-state index contributed by atoms with van der Waals surface area (Å²) in [5.41, 5.74) is -0.409. The molecule has 5 nitrogen and oxygen atoms in total. The van der Waals surface area contributed by atoms with Crippen LogP contribution in [-0.2, 0) is 9.59 Å². The van der Waals surface area contributed by atoms with Gasteiger partial charge in [0.2, 0.25) is 11.8 Å². The van der Waals surface area contributed by atoms with E-state index in [1.165, 1.54) is 4.90 Å². The number of rotatable bonds is 3. The Hall–Kier alpha value is -1.39. The molecule has 1 N–H and O–H groups in total. The number of imide groups is 2. The molecule has 5 heteroatoms. The Bertz CT molecular complexity index is 386. The van der Waals surface area contributed by atoms with E-state index in [4.69, 9.17) is 0 Å². The van der Waals surface area contributed by atoms with Crippen molar-refractivity contribution in [1.29, 1.82) is 0 Å². The minimum absolute atomic E-state index is 0.310. The van der Waals surface area contributed by atoms with E-state index in [1.807, 2.05) is 13.8 Å². The van der Waals surface area contributed by atoms with Gasteiger partial charge in [-0.15, -0.1) is 0 Å².